The van der Waals surface area contributed by atoms with Crippen LogP contribution in [0.4, 0.5) is 0 Å². The van der Waals surface area contributed by atoms with E-state index in [1.54, 1.807) is 6.56 Å². The largest absolute Gasteiger partial charge is 1.00 e. The molecule has 0 aromatic heterocycles. The first-order valence-electron chi connectivity index (χ1n) is 8.08. The van der Waals surface area contributed by atoms with Crippen LogP contribution in [-0.2, 0) is 23.2 Å². The molecule has 0 unspecified atom stereocenters. The van der Waals surface area contributed by atoms with Crippen molar-refractivity contribution in [3.63, 3.8) is 0 Å². The molecule has 25 heavy (non-hydrogen) atoms. The van der Waals surface area contributed by atoms with Crippen LogP contribution in [0.5, 0.6) is 0 Å². The molecule has 0 radical (unpaired) electrons. The van der Waals surface area contributed by atoms with E-state index in [2.05, 4.69) is 85.0 Å². The van der Waals surface area contributed by atoms with Gasteiger partial charge in [0.05, 0.1) is 0 Å². The summed E-state index contributed by atoms with van der Waals surface area (Å²) in [6, 6.07) is 21.5. The van der Waals surface area contributed by atoms with Crippen LogP contribution in [-0.4, -0.2) is 0 Å². The molecule has 0 spiro atoms. The third-order valence-corrected chi connectivity index (χ3v) is 7.57. The Bertz CT molecular complexity index is 759. The summed E-state index contributed by atoms with van der Waals surface area (Å²) < 4.78 is 3.39. The van der Waals surface area contributed by atoms with Crippen LogP contribution in [0.25, 0.3) is 11.1 Å². The van der Waals surface area contributed by atoms with Gasteiger partial charge in [-0.15, -0.1) is 0 Å². The van der Waals surface area contributed by atoms with E-state index in [-0.39, 0.29) is 24.8 Å². The summed E-state index contributed by atoms with van der Waals surface area (Å²) in [5.41, 5.74) is 5.53. The van der Waals surface area contributed by atoms with Gasteiger partial charge in [0.1, 0.15) is 0 Å². The second kappa shape index (κ2) is 9.53. The van der Waals surface area contributed by atoms with Crippen LogP contribution in [0.1, 0.15) is 24.0 Å². The fraction of sp³-hybridized carbons (Fsp3) is 0.0909. The maximum absolute atomic E-state index is 2.45. The number of hydrogen-bond acceptors (Lipinski definition) is 0. The maximum Gasteiger partial charge on any atom is -1.00 e. The van der Waals surface area contributed by atoms with Crippen LogP contribution in [0, 0.1) is 0 Å². The van der Waals surface area contributed by atoms with Gasteiger partial charge in [0.25, 0.3) is 0 Å². The van der Waals surface area contributed by atoms with Gasteiger partial charge in [0, 0.05) is 0 Å². The summed E-state index contributed by atoms with van der Waals surface area (Å²) >= 11 is -0.602. The summed E-state index contributed by atoms with van der Waals surface area (Å²) in [5, 5.41) is 0. The molecule has 0 fully saturated rings. The van der Waals surface area contributed by atoms with Crippen LogP contribution in [0.15, 0.2) is 91.5 Å². The van der Waals surface area contributed by atoms with Gasteiger partial charge in [0.2, 0.25) is 0 Å². The van der Waals surface area contributed by atoms with E-state index in [1.165, 1.54) is 22.3 Å². The molecular weight excluding hydrogens is 426 g/mol. The Morgan fingerprint density at radius 3 is 1.36 bits per heavy atom. The molecule has 2 aromatic rings. The number of benzene rings is 2. The summed E-state index contributed by atoms with van der Waals surface area (Å²) in [5.74, 6) is 0. The van der Waals surface area contributed by atoms with E-state index < -0.39 is 23.2 Å². The molecule has 0 N–H and O–H groups in total. The van der Waals surface area contributed by atoms with Crippen LogP contribution in [0.3, 0.4) is 0 Å². The minimum absolute atomic E-state index is 0. The quantitative estimate of drug-likeness (QED) is 0.614. The average molecular weight is 445 g/mol. The third-order valence-electron chi connectivity index (χ3n) is 4.28. The van der Waals surface area contributed by atoms with Gasteiger partial charge >= 0.3 is 150 Å². The van der Waals surface area contributed by atoms with Gasteiger partial charge < -0.3 is 24.8 Å². The van der Waals surface area contributed by atoms with E-state index in [0.29, 0.717) is 0 Å². The first-order chi connectivity index (χ1) is 11.4. The molecule has 2 aliphatic carbocycles. The molecular formula is C22H18Cl2Zr. The standard InChI is InChI=1S/2C11H9.2ClH.Zr/c2*1-2-6-10(7-3-1)11-8-4-5-9-11;;;/h2*1-3,6-9H,4H2;2*1H;/q;;;;+2/p-2. The van der Waals surface area contributed by atoms with Crippen molar-refractivity contribution in [2.45, 2.75) is 12.8 Å². The molecule has 0 saturated carbocycles. The minimum Gasteiger partial charge on any atom is -1.00 e. The molecule has 0 nitrogen and oxygen atoms in total. The molecule has 0 amide bonds. The van der Waals surface area contributed by atoms with Gasteiger partial charge in [-0.3, -0.25) is 0 Å². The topological polar surface area (TPSA) is 0 Å². The second-order valence-corrected chi connectivity index (χ2v) is 9.70. The Kier molecular flexibility index (Phi) is 7.69. The predicted octanol–water partition coefficient (Wildman–Crippen LogP) is -0.181. The van der Waals surface area contributed by atoms with Crippen molar-refractivity contribution in [3.8, 4) is 0 Å². The number of hydrogen-bond donors (Lipinski definition) is 0. The molecule has 3 heteroatoms. The van der Waals surface area contributed by atoms with Gasteiger partial charge in [-0.1, -0.05) is 0 Å². The summed E-state index contributed by atoms with van der Waals surface area (Å²) in [6.07, 6.45) is 12.0. The minimum atomic E-state index is -0.602. The van der Waals surface area contributed by atoms with Crippen molar-refractivity contribution in [3.05, 3.63) is 103 Å². The Morgan fingerprint density at radius 2 is 0.960 bits per heavy atom. The molecule has 124 valence electrons. The van der Waals surface area contributed by atoms with Crippen molar-refractivity contribution in [1.82, 2.24) is 0 Å². The molecule has 0 aliphatic heterocycles. The summed E-state index contributed by atoms with van der Waals surface area (Å²) in [4.78, 5) is 0. The Hall–Kier alpha value is -1.14. The van der Waals surface area contributed by atoms with Crippen LogP contribution < -0.4 is 24.8 Å². The molecule has 4 rings (SSSR count). The summed E-state index contributed by atoms with van der Waals surface area (Å²) in [7, 11) is 0. The Balaban J connectivity index is 0.00000113. The van der Waals surface area contributed by atoms with Gasteiger partial charge in [-0.25, -0.2) is 0 Å². The summed E-state index contributed by atoms with van der Waals surface area (Å²) in [6.45, 7) is 0. The second-order valence-electron chi connectivity index (χ2n) is 5.92. The number of allylic oxidation sites excluding steroid dienone is 8. The molecule has 2 aromatic carbocycles. The van der Waals surface area contributed by atoms with E-state index in [0.717, 1.165) is 12.8 Å². The molecule has 2 aliphatic rings. The van der Waals surface area contributed by atoms with Crippen molar-refractivity contribution in [2.75, 3.05) is 0 Å². The average Bonchev–Trinajstić information content (AvgIpc) is 3.27. The van der Waals surface area contributed by atoms with Gasteiger partial charge in [0.15, 0.2) is 0 Å². The van der Waals surface area contributed by atoms with Crippen molar-refractivity contribution < 1.29 is 48.0 Å². The molecule has 0 bridgehead atoms. The van der Waals surface area contributed by atoms with E-state index in [4.69, 9.17) is 0 Å². The number of halogens is 2. The van der Waals surface area contributed by atoms with Crippen LogP contribution in [0.2, 0.25) is 0 Å². The Labute approximate surface area is 173 Å². The Morgan fingerprint density at radius 1 is 0.560 bits per heavy atom. The van der Waals surface area contributed by atoms with E-state index in [1.807, 2.05) is 0 Å². The fourth-order valence-electron chi connectivity index (χ4n) is 3.09. The molecule has 0 heterocycles. The monoisotopic (exact) mass is 442 g/mol. The van der Waals surface area contributed by atoms with Crippen molar-refractivity contribution in [1.29, 1.82) is 0 Å². The predicted molar refractivity (Wildman–Crippen MR) is 94.2 cm³/mol. The zero-order chi connectivity index (χ0) is 15.5. The first-order valence-corrected chi connectivity index (χ1v) is 10.5. The SMILES string of the molecule is C1=[C]([Zr+2][C]2=CC(c3ccccc3)=CC2)CC=C1c1ccccc1.[Cl-].[Cl-]. The fourth-order valence-corrected chi connectivity index (χ4v) is 6.23. The van der Waals surface area contributed by atoms with Crippen molar-refractivity contribution >= 4 is 11.1 Å². The van der Waals surface area contributed by atoms with Crippen molar-refractivity contribution in [2.24, 2.45) is 0 Å². The first kappa shape index (κ1) is 20.2. The van der Waals surface area contributed by atoms with E-state index in [9.17, 15) is 0 Å². The maximum atomic E-state index is 2.45. The molecule has 0 atom stereocenters. The third kappa shape index (κ3) is 4.94. The smallest absolute Gasteiger partial charge is 1.00 e. The molecule has 0 saturated heterocycles. The zero-order valence-corrected chi connectivity index (χ0v) is 17.7. The zero-order valence-electron chi connectivity index (χ0n) is 13.8. The van der Waals surface area contributed by atoms with Crippen LogP contribution >= 0.6 is 0 Å². The normalized spacial score (nSPS) is 15.0. The number of rotatable bonds is 4. The van der Waals surface area contributed by atoms with Gasteiger partial charge in [-0.05, 0) is 0 Å². The van der Waals surface area contributed by atoms with Gasteiger partial charge in [-0.2, -0.15) is 0 Å². The van der Waals surface area contributed by atoms with E-state index >= 15 is 0 Å².